The highest BCUT2D eigenvalue weighted by atomic mass is 35.5. The highest BCUT2D eigenvalue weighted by Gasteiger charge is 2.26. The van der Waals surface area contributed by atoms with E-state index >= 15 is 0 Å². The minimum absolute atomic E-state index is 0.309. The van der Waals surface area contributed by atoms with Gasteiger partial charge in [-0.3, -0.25) is 0 Å². The number of benzene rings is 1. The molecule has 6 nitrogen and oxygen atoms in total. The Morgan fingerprint density at radius 2 is 2.22 bits per heavy atom. The lowest BCUT2D eigenvalue weighted by Crippen LogP contribution is -2.44. The van der Waals surface area contributed by atoms with Crippen molar-refractivity contribution in [1.82, 2.24) is 20.2 Å². The van der Waals surface area contributed by atoms with Crippen LogP contribution in [-0.4, -0.2) is 32.3 Å². The highest BCUT2D eigenvalue weighted by molar-refractivity contribution is 6.33. The van der Waals surface area contributed by atoms with E-state index in [0.29, 0.717) is 17.1 Å². The summed E-state index contributed by atoms with van der Waals surface area (Å²) < 4.78 is 1.59. The number of rotatable bonds is 3. The topological polar surface area (TPSA) is 81.6 Å². The summed E-state index contributed by atoms with van der Waals surface area (Å²) in [6, 6.07) is 6.35. The minimum Gasteiger partial charge on any atom is -0.381 e. The van der Waals surface area contributed by atoms with Crippen LogP contribution in [0.3, 0.4) is 0 Å². The van der Waals surface area contributed by atoms with Gasteiger partial charge in [-0.05, 0) is 41.5 Å². The van der Waals surface area contributed by atoms with Crippen molar-refractivity contribution in [2.75, 3.05) is 5.32 Å². The fourth-order valence-corrected chi connectivity index (χ4v) is 2.22. The van der Waals surface area contributed by atoms with Crippen molar-refractivity contribution in [2.24, 2.45) is 5.73 Å². The van der Waals surface area contributed by atoms with Crippen LogP contribution in [0.4, 0.5) is 5.69 Å². The molecule has 0 saturated heterocycles. The molecule has 2 aromatic rings. The molecule has 0 bridgehead atoms. The van der Waals surface area contributed by atoms with Crippen LogP contribution in [-0.2, 0) is 0 Å². The zero-order chi connectivity index (χ0) is 12.5. The summed E-state index contributed by atoms with van der Waals surface area (Å²) in [5.41, 5.74) is 7.53. The average Bonchev–Trinajstić information content (AvgIpc) is 2.83. The van der Waals surface area contributed by atoms with Crippen LogP contribution in [0.5, 0.6) is 0 Å². The van der Waals surface area contributed by atoms with E-state index in [4.69, 9.17) is 17.3 Å². The zero-order valence-electron chi connectivity index (χ0n) is 9.62. The first-order chi connectivity index (χ1) is 8.72. The number of tetrazole rings is 1. The lowest BCUT2D eigenvalue weighted by molar-refractivity contribution is 0.373. The summed E-state index contributed by atoms with van der Waals surface area (Å²) in [6.45, 7) is 0. The van der Waals surface area contributed by atoms with Gasteiger partial charge >= 0.3 is 0 Å². The summed E-state index contributed by atoms with van der Waals surface area (Å²) in [6.07, 6.45) is 3.50. The van der Waals surface area contributed by atoms with Gasteiger partial charge in [-0.15, -0.1) is 5.10 Å². The van der Waals surface area contributed by atoms with Crippen molar-refractivity contribution in [1.29, 1.82) is 0 Å². The van der Waals surface area contributed by atoms with Crippen molar-refractivity contribution in [3.63, 3.8) is 0 Å². The number of anilines is 1. The third-order valence-electron chi connectivity index (χ3n) is 3.10. The van der Waals surface area contributed by atoms with Gasteiger partial charge in [0.15, 0.2) is 0 Å². The van der Waals surface area contributed by atoms with Gasteiger partial charge in [0.1, 0.15) is 6.33 Å². The lowest BCUT2D eigenvalue weighted by Gasteiger charge is -2.34. The number of nitrogens with one attached hydrogen (secondary N) is 1. The molecule has 1 aromatic carbocycles. The molecular weight excluding hydrogens is 252 g/mol. The van der Waals surface area contributed by atoms with Crippen LogP contribution in [0.2, 0.25) is 5.02 Å². The molecule has 1 aromatic heterocycles. The first kappa shape index (κ1) is 11.4. The number of hydrogen-bond acceptors (Lipinski definition) is 5. The molecule has 0 amide bonds. The summed E-state index contributed by atoms with van der Waals surface area (Å²) in [4.78, 5) is 0. The molecule has 1 aliphatic carbocycles. The van der Waals surface area contributed by atoms with Crippen molar-refractivity contribution in [3.05, 3.63) is 29.5 Å². The molecule has 18 heavy (non-hydrogen) atoms. The first-order valence-corrected chi connectivity index (χ1v) is 6.15. The molecule has 0 unspecified atom stereocenters. The quantitative estimate of drug-likeness (QED) is 0.871. The molecule has 94 valence electrons. The van der Waals surface area contributed by atoms with Crippen molar-refractivity contribution in [2.45, 2.75) is 24.9 Å². The Morgan fingerprint density at radius 3 is 2.89 bits per heavy atom. The summed E-state index contributed by atoms with van der Waals surface area (Å²) in [5, 5.41) is 15.1. The molecule has 1 fully saturated rings. The van der Waals surface area contributed by atoms with E-state index in [1.165, 1.54) is 0 Å². The largest absolute Gasteiger partial charge is 0.381 e. The third-order valence-corrected chi connectivity index (χ3v) is 3.43. The van der Waals surface area contributed by atoms with Crippen molar-refractivity contribution in [3.8, 4) is 5.69 Å². The smallest absolute Gasteiger partial charge is 0.143 e. The Bertz CT molecular complexity index is 534. The van der Waals surface area contributed by atoms with Crippen LogP contribution >= 0.6 is 11.6 Å². The normalized spacial score (nSPS) is 22.6. The second-order valence-electron chi connectivity index (χ2n) is 4.49. The Balaban J connectivity index is 1.82. The van der Waals surface area contributed by atoms with Gasteiger partial charge < -0.3 is 11.1 Å². The second-order valence-corrected chi connectivity index (χ2v) is 4.90. The second kappa shape index (κ2) is 4.55. The molecule has 0 spiro atoms. The fraction of sp³-hybridized carbons (Fsp3) is 0.364. The van der Waals surface area contributed by atoms with Crippen LogP contribution in [0, 0.1) is 0 Å². The standard InChI is InChI=1S/C11H13ClN6/c12-10-2-1-9(18-6-14-16-17-18)5-11(10)15-8-3-7(13)4-8/h1-2,5-8,15H,3-4,13H2. The van der Waals surface area contributed by atoms with E-state index in [0.717, 1.165) is 24.2 Å². The average molecular weight is 265 g/mol. The first-order valence-electron chi connectivity index (χ1n) is 5.77. The van der Waals surface area contributed by atoms with Gasteiger partial charge in [-0.1, -0.05) is 11.6 Å². The van der Waals surface area contributed by atoms with Crippen molar-refractivity contribution >= 4 is 17.3 Å². The maximum atomic E-state index is 6.16. The molecule has 3 rings (SSSR count). The fourth-order valence-electron chi connectivity index (χ4n) is 2.05. The lowest BCUT2D eigenvalue weighted by atomic mass is 9.87. The minimum atomic E-state index is 0.309. The Hall–Kier alpha value is -1.66. The maximum absolute atomic E-state index is 6.16. The molecule has 1 aliphatic rings. The molecule has 3 N–H and O–H groups in total. The summed E-state index contributed by atoms with van der Waals surface area (Å²) >= 11 is 6.16. The Morgan fingerprint density at radius 1 is 1.39 bits per heavy atom. The SMILES string of the molecule is NC1CC(Nc2cc(-n3cnnn3)ccc2Cl)C1. The number of nitrogens with two attached hydrogens (primary N) is 1. The Kier molecular flexibility index (Phi) is 2.89. The van der Waals surface area contributed by atoms with Crippen LogP contribution < -0.4 is 11.1 Å². The molecule has 1 saturated carbocycles. The van der Waals surface area contributed by atoms with Gasteiger partial charge in [-0.25, -0.2) is 4.68 Å². The number of halogens is 1. The number of hydrogen-bond donors (Lipinski definition) is 2. The summed E-state index contributed by atoms with van der Waals surface area (Å²) in [7, 11) is 0. The molecule has 7 heteroatoms. The van der Waals surface area contributed by atoms with Crippen molar-refractivity contribution < 1.29 is 0 Å². The van der Waals surface area contributed by atoms with Gasteiger partial charge in [0.2, 0.25) is 0 Å². The van der Waals surface area contributed by atoms with E-state index < -0.39 is 0 Å². The molecule has 1 heterocycles. The monoisotopic (exact) mass is 264 g/mol. The van der Waals surface area contributed by atoms with E-state index in [9.17, 15) is 0 Å². The van der Waals surface area contributed by atoms with Gasteiger partial charge in [-0.2, -0.15) is 0 Å². The predicted molar refractivity (Wildman–Crippen MR) is 68.8 cm³/mol. The van der Waals surface area contributed by atoms with Crippen LogP contribution in [0.1, 0.15) is 12.8 Å². The molecule has 0 radical (unpaired) electrons. The van der Waals surface area contributed by atoms with E-state index in [1.807, 2.05) is 18.2 Å². The summed E-state index contributed by atoms with van der Waals surface area (Å²) in [5.74, 6) is 0. The maximum Gasteiger partial charge on any atom is 0.143 e. The Labute approximate surface area is 109 Å². The van der Waals surface area contributed by atoms with Gasteiger partial charge in [0.05, 0.1) is 16.4 Å². The number of nitrogens with zero attached hydrogens (tertiary/aromatic N) is 4. The predicted octanol–water partition coefficient (Wildman–Crippen LogP) is 1.22. The zero-order valence-corrected chi connectivity index (χ0v) is 10.4. The molecular formula is C11H13ClN6. The van der Waals surface area contributed by atoms with Gasteiger partial charge in [0, 0.05) is 12.1 Å². The van der Waals surface area contributed by atoms with E-state index in [-0.39, 0.29) is 0 Å². The van der Waals surface area contributed by atoms with Crippen LogP contribution in [0.15, 0.2) is 24.5 Å². The van der Waals surface area contributed by atoms with E-state index in [1.54, 1.807) is 11.0 Å². The third kappa shape index (κ3) is 2.16. The van der Waals surface area contributed by atoms with Gasteiger partial charge in [0.25, 0.3) is 0 Å². The number of aromatic nitrogens is 4. The van der Waals surface area contributed by atoms with E-state index in [2.05, 4.69) is 20.8 Å². The highest BCUT2D eigenvalue weighted by Crippen LogP contribution is 2.29. The molecule has 0 atom stereocenters. The van der Waals surface area contributed by atoms with Crippen LogP contribution in [0.25, 0.3) is 5.69 Å². The molecule has 0 aliphatic heterocycles.